The molecule has 0 saturated heterocycles. The molecule has 0 heterocycles. The second-order valence-electron chi connectivity index (χ2n) is 7.56. The van der Waals surface area contributed by atoms with E-state index in [1.807, 2.05) is 0 Å². The van der Waals surface area contributed by atoms with Gasteiger partial charge < -0.3 is 19.1 Å². The highest BCUT2D eigenvalue weighted by Crippen LogP contribution is 2.31. The lowest BCUT2D eigenvalue weighted by Gasteiger charge is -2.34. The third-order valence-electron chi connectivity index (χ3n) is 5.55. The lowest BCUT2D eigenvalue weighted by atomic mass is 9.93. The molecule has 1 aliphatic carbocycles. The van der Waals surface area contributed by atoms with Gasteiger partial charge in [0.1, 0.15) is 11.4 Å². The number of nitrogens with zero attached hydrogens (tertiary/aromatic N) is 1. The van der Waals surface area contributed by atoms with Gasteiger partial charge >= 0.3 is 5.97 Å². The van der Waals surface area contributed by atoms with Gasteiger partial charge in [0.25, 0.3) is 5.91 Å². The van der Waals surface area contributed by atoms with Gasteiger partial charge in [-0.15, -0.1) is 0 Å². The topological polar surface area (TPSA) is 65.1 Å². The quantitative estimate of drug-likeness (QED) is 0.584. The monoisotopic (exact) mass is 429 g/mol. The average Bonchev–Trinajstić information content (AvgIpc) is 2.81. The minimum absolute atomic E-state index is 0.0800. The van der Waals surface area contributed by atoms with E-state index in [0.29, 0.717) is 12.3 Å². The molecule has 7 heteroatoms. The molecule has 1 saturated carbocycles. The van der Waals surface area contributed by atoms with Crippen LogP contribution in [0.3, 0.4) is 0 Å². The normalized spacial score (nSPS) is 14.0. The van der Waals surface area contributed by atoms with Crippen LogP contribution in [0.15, 0.2) is 42.5 Å². The first-order chi connectivity index (χ1) is 15.0. The number of esters is 1. The van der Waals surface area contributed by atoms with Crippen LogP contribution < -0.4 is 9.47 Å². The summed E-state index contributed by atoms with van der Waals surface area (Å²) >= 11 is 0. The Balaban J connectivity index is 1.71. The number of hydrogen-bond acceptors (Lipinski definition) is 5. The van der Waals surface area contributed by atoms with Crippen molar-refractivity contribution in [2.45, 2.75) is 44.7 Å². The lowest BCUT2D eigenvalue weighted by molar-refractivity contribution is -0.138. The number of carbonyl (C=O) groups is 2. The first-order valence-corrected chi connectivity index (χ1v) is 10.5. The predicted octanol–water partition coefficient (Wildman–Crippen LogP) is 4.36. The van der Waals surface area contributed by atoms with Crippen LogP contribution in [0.4, 0.5) is 4.39 Å². The molecule has 6 nitrogen and oxygen atoms in total. The highest BCUT2D eigenvalue weighted by atomic mass is 19.1. The van der Waals surface area contributed by atoms with Crippen molar-refractivity contribution in [2.24, 2.45) is 0 Å². The van der Waals surface area contributed by atoms with Crippen molar-refractivity contribution in [3.63, 3.8) is 0 Å². The van der Waals surface area contributed by atoms with Gasteiger partial charge in [0.15, 0.2) is 18.1 Å². The van der Waals surface area contributed by atoms with Crippen molar-refractivity contribution in [1.82, 2.24) is 4.90 Å². The summed E-state index contributed by atoms with van der Waals surface area (Å²) in [5.41, 5.74) is 1.03. The first kappa shape index (κ1) is 22.6. The van der Waals surface area contributed by atoms with Gasteiger partial charge in [0.2, 0.25) is 0 Å². The number of methoxy groups -OCH3 is 2. The maximum absolute atomic E-state index is 13.3. The zero-order valence-electron chi connectivity index (χ0n) is 17.9. The molecule has 3 rings (SSSR count). The number of halogens is 1. The Labute approximate surface area is 181 Å². The molecule has 0 spiro atoms. The summed E-state index contributed by atoms with van der Waals surface area (Å²) in [4.78, 5) is 27.4. The second kappa shape index (κ2) is 10.8. The third kappa shape index (κ3) is 5.75. The van der Waals surface area contributed by atoms with E-state index < -0.39 is 5.97 Å². The number of carbonyl (C=O) groups excluding carboxylic acids is 2. The number of ether oxygens (including phenoxy) is 3. The van der Waals surface area contributed by atoms with E-state index in [2.05, 4.69) is 0 Å². The first-order valence-electron chi connectivity index (χ1n) is 10.5. The number of amides is 1. The van der Waals surface area contributed by atoms with Gasteiger partial charge in [-0.05, 0) is 42.7 Å². The Morgan fingerprint density at radius 2 is 1.71 bits per heavy atom. The predicted molar refractivity (Wildman–Crippen MR) is 114 cm³/mol. The van der Waals surface area contributed by atoms with Crippen LogP contribution in [0.25, 0.3) is 0 Å². The number of benzene rings is 2. The molecular weight excluding hydrogens is 401 g/mol. The van der Waals surface area contributed by atoms with E-state index in [1.54, 1.807) is 35.2 Å². The van der Waals surface area contributed by atoms with Crippen LogP contribution in [0.1, 0.15) is 48.0 Å². The molecule has 0 aromatic heterocycles. The van der Waals surface area contributed by atoms with Crippen molar-refractivity contribution in [3.05, 3.63) is 59.4 Å². The maximum atomic E-state index is 13.3. The minimum atomic E-state index is -0.658. The van der Waals surface area contributed by atoms with Crippen molar-refractivity contribution in [2.75, 3.05) is 20.8 Å². The van der Waals surface area contributed by atoms with Crippen molar-refractivity contribution >= 4 is 11.9 Å². The largest absolute Gasteiger partial charge is 0.493 e. The molecule has 0 bridgehead atoms. The van der Waals surface area contributed by atoms with Crippen molar-refractivity contribution in [3.8, 4) is 11.5 Å². The molecule has 166 valence electrons. The van der Waals surface area contributed by atoms with Gasteiger partial charge in [-0.1, -0.05) is 37.5 Å². The van der Waals surface area contributed by atoms with Gasteiger partial charge in [0.05, 0.1) is 14.2 Å². The molecule has 1 aliphatic rings. The van der Waals surface area contributed by atoms with E-state index in [4.69, 9.17) is 14.2 Å². The van der Waals surface area contributed by atoms with Gasteiger partial charge in [-0.3, -0.25) is 4.79 Å². The van der Waals surface area contributed by atoms with Crippen molar-refractivity contribution < 1.29 is 28.2 Å². The molecule has 0 atom stereocenters. The summed E-state index contributed by atoms with van der Waals surface area (Å²) < 4.78 is 29.1. The molecule has 1 amide bonds. The highest BCUT2D eigenvalue weighted by molar-refractivity contribution is 5.95. The second-order valence-corrected chi connectivity index (χ2v) is 7.56. The Hall–Kier alpha value is -3.09. The fourth-order valence-corrected chi connectivity index (χ4v) is 3.94. The minimum Gasteiger partial charge on any atom is -0.493 e. The lowest BCUT2D eigenvalue weighted by Crippen LogP contribution is -2.43. The van der Waals surface area contributed by atoms with E-state index >= 15 is 0 Å². The van der Waals surface area contributed by atoms with E-state index in [0.717, 1.165) is 37.7 Å². The number of rotatable bonds is 8. The van der Waals surface area contributed by atoms with Crippen LogP contribution >= 0.6 is 0 Å². The molecule has 0 aliphatic heterocycles. The third-order valence-corrected chi connectivity index (χ3v) is 5.55. The standard InChI is InChI=1S/C24H28FNO5/c1-29-21-10-6-9-20(23(21)30-2)24(28)31-16-22(27)26(19-7-4-3-5-8-19)15-17-11-13-18(25)14-12-17/h6,9-14,19H,3-5,7-8,15-16H2,1-2H3. The summed E-state index contributed by atoms with van der Waals surface area (Å²) in [5, 5.41) is 0. The zero-order valence-corrected chi connectivity index (χ0v) is 17.9. The number of para-hydroxylation sites is 1. The Morgan fingerprint density at radius 3 is 2.35 bits per heavy atom. The summed E-state index contributed by atoms with van der Waals surface area (Å²) in [6.07, 6.45) is 5.08. The van der Waals surface area contributed by atoms with E-state index in [1.165, 1.54) is 26.4 Å². The molecule has 31 heavy (non-hydrogen) atoms. The Bertz CT molecular complexity index is 893. The van der Waals surface area contributed by atoms with Gasteiger partial charge in [-0.25, -0.2) is 9.18 Å². The van der Waals surface area contributed by atoms with Crippen LogP contribution in [0, 0.1) is 5.82 Å². The fraction of sp³-hybridized carbons (Fsp3) is 0.417. The van der Waals surface area contributed by atoms with Gasteiger partial charge in [0, 0.05) is 12.6 Å². The smallest absolute Gasteiger partial charge is 0.342 e. The summed E-state index contributed by atoms with van der Waals surface area (Å²) in [6.45, 7) is -0.0271. The highest BCUT2D eigenvalue weighted by Gasteiger charge is 2.27. The summed E-state index contributed by atoms with van der Waals surface area (Å²) in [7, 11) is 2.92. The number of hydrogen-bond donors (Lipinski definition) is 0. The molecule has 0 radical (unpaired) electrons. The van der Waals surface area contributed by atoms with Crippen LogP contribution in [0.5, 0.6) is 11.5 Å². The van der Waals surface area contributed by atoms with Crippen LogP contribution in [0.2, 0.25) is 0 Å². The molecule has 2 aromatic carbocycles. The molecule has 0 unspecified atom stereocenters. The van der Waals surface area contributed by atoms with Crippen molar-refractivity contribution in [1.29, 1.82) is 0 Å². The molecule has 0 N–H and O–H groups in total. The van der Waals surface area contributed by atoms with Crippen LogP contribution in [-0.2, 0) is 16.1 Å². The zero-order chi connectivity index (χ0) is 22.2. The molecular formula is C24H28FNO5. The van der Waals surface area contributed by atoms with Crippen LogP contribution in [-0.4, -0.2) is 43.6 Å². The maximum Gasteiger partial charge on any atom is 0.342 e. The Morgan fingerprint density at radius 1 is 1.00 bits per heavy atom. The molecule has 2 aromatic rings. The van der Waals surface area contributed by atoms with Gasteiger partial charge in [-0.2, -0.15) is 0 Å². The van der Waals surface area contributed by atoms with E-state index in [9.17, 15) is 14.0 Å². The molecule has 1 fully saturated rings. The summed E-state index contributed by atoms with van der Waals surface area (Å²) in [5.74, 6) is -0.581. The summed E-state index contributed by atoms with van der Waals surface area (Å²) in [6, 6.07) is 11.1. The fourth-order valence-electron chi connectivity index (χ4n) is 3.94. The average molecular weight is 429 g/mol. The Kier molecular flexibility index (Phi) is 7.87. The SMILES string of the molecule is COc1cccc(C(=O)OCC(=O)N(Cc2ccc(F)cc2)C2CCCCC2)c1OC. The van der Waals surface area contributed by atoms with E-state index in [-0.39, 0.29) is 35.7 Å².